The van der Waals surface area contributed by atoms with Crippen molar-refractivity contribution in [1.29, 1.82) is 0 Å². The molecule has 0 fully saturated rings. The van der Waals surface area contributed by atoms with E-state index in [-0.39, 0.29) is 5.41 Å². The highest BCUT2D eigenvalue weighted by atomic mass is 15.1. The summed E-state index contributed by atoms with van der Waals surface area (Å²) in [6, 6.07) is 87.6. The molecular weight excluding hydrogens is 759 g/mol. The van der Waals surface area contributed by atoms with Gasteiger partial charge in [0.05, 0.1) is 5.41 Å². The molecule has 2 aliphatic carbocycles. The lowest BCUT2D eigenvalue weighted by atomic mass is 9.55. The first-order valence-electron chi connectivity index (χ1n) is 22.1. The summed E-state index contributed by atoms with van der Waals surface area (Å²) in [5, 5.41) is 2.51. The molecule has 0 N–H and O–H groups in total. The van der Waals surface area contributed by atoms with Crippen molar-refractivity contribution in [1.82, 2.24) is 0 Å². The van der Waals surface area contributed by atoms with Crippen molar-refractivity contribution in [3.8, 4) is 44.5 Å². The molecule has 0 saturated carbocycles. The Balaban J connectivity index is 0.989. The summed E-state index contributed by atoms with van der Waals surface area (Å²) in [5.41, 5.74) is 20.9. The van der Waals surface area contributed by atoms with Gasteiger partial charge >= 0.3 is 0 Å². The zero-order valence-corrected chi connectivity index (χ0v) is 35.5. The number of anilines is 3. The summed E-state index contributed by atoms with van der Waals surface area (Å²) < 4.78 is 0. The van der Waals surface area contributed by atoms with Crippen LogP contribution in [0.25, 0.3) is 55.3 Å². The molecule has 0 aliphatic heterocycles. The van der Waals surface area contributed by atoms with Crippen LogP contribution in [0.15, 0.2) is 237 Å². The van der Waals surface area contributed by atoms with Gasteiger partial charge in [-0.05, 0) is 125 Å². The summed E-state index contributed by atoms with van der Waals surface area (Å²) in [7, 11) is 0. The molecule has 63 heavy (non-hydrogen) atoms. The second-order valence-corrected chi connectivity index (χ2v) is 17.6. The van der Waals surface area contributed by atoms with Crippen LogP contribution in [0.3, 0.4) is 0 Å². The largest absolute Gasteiger partial charge is 0.311 e. The molecule has 0 bridgehead atoms. The first-order chi connectivity index (χ1) is 31.0. The van der Waals surface area contributed by atoms with Gasteiger partial charge in [0.15, 0.2) is 0 Å². The van der Waals surface area contributed by atoms with Crippen LogP contribution in [0.2, 0.25) is 0 Å². The second kappa shape index (κ2) is 14.4. The van der Waals surface area contributed by atoms with Crippen LogP contribution >= 0.6 is 0 Å². The van der Waals surface area contributed by atoms with E-state index in [2.05, 4.69) is 255 Å². The van der Waals surface area contributed by atoms with E-state index in [1.165, 1.54) is 88.7 Å². The van der Waals surface area contributed by atoms with Crippen molar-refractivity contribution in [2.75, 3.05) is 4.90 Å². The molecule has 0 aromatic heterocycles. The van der Waals surface area contributed by atoms with Crippen LogP contribution in [-0.2, 0) is 10.8 Å². The Morgan fingerprint density at radius 2 is 0.698 bits per heavy atom. The van der Waals surface area contributed by atoms with Gasteiger partial charge in [0.2, 0.25) is 0 Å². The fraction of sp³-hybridized carbons (Fsp3) is 0.0645. The lowest BCUT2D eigenvalue weighted by Gasteiger charge is -2.46. The van der Waals surface area contributed by atoms with E-state index in [9.17, 15) is 0 Å². The summed E-state index contributed by atoms with van der Waals surface area (Å²) in [6.45, 7) is 4.77. The second-order valence-electron chi connectivity index (χ2n) is 17.6. The number of hydrogen-bond donors (Lipinski definition) is 0. The fourth-order valence-corrected chi connectivity index (χ4v) is 11.1. The molecule has 0 atom stereocenters. The van der Waals surface area contributed by atoms with Gasteiger partial charge in [-0.2, -0.15) is 0 Å². The topological polar surface area (TPSA) is 3.24 Å². The molecule has 298 valence electrons. The van der Waals surface area contributed by atoms with E-state index < -0.39 is 5.41 Å². The minimum Gasteiger partial charge on any atom is -0.311 e. The third-order valence-electron chi connectivity index (χ3n) is 14.0. The summed E-state index contributed by atoms with van der Waals surface area (Å²) >= 11 is 0. The zero-order valence-electron chi connectivity index (χ0n) is 35.5. The van der Waals surface area contributed by atoms with Gasteiger partial charge in [-0.3, -0.25) is 0 Å². The molecule has 1 spiro atoms. The molecule has 2 aliphatic rings. The summed E-state index contributed by atoms with van der Waals surface area (Å²) in [5.74, 6) is 0. The van der Waals surface area contributed by atoms with E-state index >= 15 is 0 Å². The molecule has 0 unspecified atom stereocenters. The zero-order chi connectivity index (χ0) is 42.1. The molecule has 0 radical (unpaired) electrons. The number of benzene rings is 10. The summed E-state index contributed by atoms with van der Waals surface area (Å²) in [4.78, 5) is 2.38. The first-order valence-corrected chi connectivity index (χ1v) is 22.1. The third-order valence-corrected chi connectivity index (χ3v) is 14.0. The predicted octanol–water partition coefficient (Wildman–Crippen LogP) is 16.3. The van der Waals surface area contributed by atoms with Gasteiger partial charge in [0.25, 0.3) is 0 Å². The van der Waals surface area contributed by atoms with Crippen molar-refractivity contribution in [3.63, 3.8) is 0 Å². The van der Waals surface area contributed by atoms with Crippen molar-refractivity contribution < 1.29 is 0 Å². The molecule has 0 heterocycles. The Kier molecular flexibility index (Phi) is 8.49. The van der Waals surface area contributed by atoms with E-state index in [4.69, 9.17) is 0 Å². The maximum Gasteiger partial charge on any atom is 0.0719 e. The molecule has 0 saturated heterocycles. The molecule has 0 amide bonds. The fourth-order valence-electron chi connectivity index (χ4n) is 11.1. The number of nitrogens with zero attached hydrogens (tertiary/aromatic N) is 1. The maximum atomic E-state index is 2.39. The van der Waals surface area contributed by atoms with Gasteiger partial charge < -0.3 is 4.90 Å². The third kappa shape index (κ3) is 5.63. The molecule has 10 aromatic rings. The SMILES string of the molecule is CC1(C)c2ccccc2C2(c3ccccc3-c3c(-c4ccc(N(c5ccc(-c6ccccc6)cc5)c5ccc(-c6cccc7ccccc67)cc5)cc4)cccc32)c2ccccc21. The molecule has 10 aromatic carbocycles. The normalized spacial score (nSPS) is 13.8. The lowest BCUT2D eigenvalue weighted by molar-refractivity contribution is 0.563. The van der Waals surface area contributed by atoms with E-state index in [0.29, 0.717) is 0 Å². The highest BCUT2D eigenvalue weighted by Gasteiger charge is 2.53. The Morgan fingerprint density at radius 1 is 0.286 bits per heavy atom. The number of fused-ring (bicyclic) bond motifs is 10. The minimum absolute atomic E-state index is 0.131. The van der Waals surface area contributed by atoms with E-state index in [1.54, 1.807) is 0 Å². The number of hydrogen-bond acceptors (Lipinski definition) is 1. The van der Waals surface area contributed by atoms with Crippen LogP contribution in [0, 0.1) is 0 Å². The molecular formula is C62H45N. The Labute approximate surface area is 370 Å². The molecule has 1 nitrogen and oxygen atoms in total. The Hall–Kier alpha value is -7.74. The summed E-state index contributed by atoms with van der Waals surface area (Å²) in [6.07, 6.45) is 0. The highest BCUT2D eigenvalue weighted by Crippen LogP contribution is 2.63. The maximum absolute atomic E-state index is 2.39. The van der Waals surface area contributed by atoms with Crippen LogP contribution in [0.1, 0.15) is 47.2 Å². The van der Waals surface area contributed by atoms with Crippen LogP contribution in [0.5, 0.6) is 0 Å². The number of rotatable bonds is 6. The van der Waals surface area contributed by atoms with Gasteiger partial charge in [0, 0.05) is 22.5 Å². The van der Waals surface area contributed by atoms with Crippen LogP contribution in [-0.4, -0.2) is 0 Å². The van der Waals surface area contributed by atoms with Gasteiger partial charge in [-0.15, -0.1) is 0 Å². The quantitative estimate of drug-likeness (QED) is 0.162. The molecule has 12 rings (SSSR count). The average Bonchev–Trinajstić information content (AvgIpc) is 3.65. The van der Waals surface area contributed by atoms with Gasteiger partial charge in [-0.1, -0.05) is 214 Å². The highest BCUT2D eigenvalue weighted by molar-refractivity contribution is 5.98. The Morgan fingerprint density at radius 3 is 1.33 bits per heavy atom. The van der Waals surface area contributed by atoms with Gasteiger partial charge in [0.1, 0.15) is 0 Å². The van der Waals surface area contributed by atoms with E-state index in [1.807, 2.05) is 0 Å². The predicted molar refractivity (Wildman–Crippen MR) is 264 cm³/mol. The standard InChI is InChI=1S/C62H45N/c1-61(2)55-25-10-12-27-57(55)62(58-28-13-11-26-56(58)61)54-24-9-8-21-53(54)60-52(23-15-29-59(60)62)46-34-40-49(41-35-46)63(47-36-30-43(31-37-47)42-16-4-3-5-17-42)48-38-32-45(33-39-48)51-22-14-19-44-18-6-7-20-50(44)51/h3-41H,1-2H3. The minimum atomic E-state index is -0.425. The van der Waals surface area contributed by atoms with Crippen LogP contribution in [0.4, 0.5) is 17.1 Å². The van der Waals surface area contributed by atoms with Crippen molar-refractivity contribution in [2.45, 2.75) is 24.7 Å². The monoisotopic (exact) mass is 803 g/mol. The van der Waals surface area contributed by atoms with Crippen molar-refractivity contribution in [3.05, 3.63) is 270 Å². The first kappa shape index (κ1) is 37.1. The Bertz CT molecular complexity index is 3280. The van der Waals surface area contributed by atoms with Crippen molar-refractivity contribution in [2.24, 2.45) is 0 Å². The van der Waals surface area contributed by atoms with Crippen LogP contribution < -0.4 is 4.90 Å². The molecule has 1 heteroatoms. The van der Waals surface area contributed by atoms with Crippen molar-refractivity contribution >= 4 is 27.8 Å². The van der Waals surface area contributed by atoms with E-state index in [0.717, 1.165) is 17.1 Å². The average molecular weight is 804 g/mol. The van der Waals surface area contributed by atoms with Gasteiger partial charge in [-0.25, -0.2) is 0 Å². The lowest BCUT2D eigenvalue weighted by Crippen LogP contribution is -2.40. The smallest absolute Gasteiger partial charge is 0.0719 e.